The van der Waals surface area contributed by atoms with Crippen LogP contribution in [0.4, 0.5) is 5.69 Å². The van der Waals surface area contributed by atoms with Gasteiger partial charge in [0.25, 0.3) is 0 Å². The maximum absolute atomic E-state index is 6.57. The monoisotopic (exact) mass is 482 g/mol. The lowest BCUT2D eigenvalue weighted by Gasteiger charge is -2.15. The van der Waals surface area contributed by atoms with Gasteiger partial charge < -0.3 is 9.64 Å². The summed E-state index contributed by atoms with van der Waals surface area (Å²) in [5.41, 5.74) is 2.98. The summed E-state index contributed by atoms with van der Waals surface area (Å²) in [7, 11) is 0. The molecule has 0 saturated carbocycles. The number of ether oxygens (including phenoxy) is 1. The maximum atomic E-state index is 6.57. The van der Waals surface area contributed by atoms with Crippen LogP contribution in [0.1, 0.15) is 25.1 Å². The van der Waals surface area contributed by atoms with Crippen molar-refractivity contribution in [2.24, 2.45) is 4.99 Å². The van der Waals surface area contributed by atoms with Crippen molar-refractivity contribution in [3.63, 3.8) is 0 Å². The van der Waals surface area contributed by atoms with Crippen LogP contribution < -0.4 is 4.74 Å². The molecule has 3 aromatic rings. The molecule has 0 saturated heterocycles. The zero-order valence-corrected chi connectivity index (χ0v) is 19.0. The summed E-state index contributed by atoms with van der Waals surface area (Å²) in [6.45, 7) is 8.07. The van der Waals surface area contributed by atoms with Crippen LogP contribution in [-0.4, -0.2) is 33.7 Å². The fourth-order valence-electron chi connectivity index (χ4n) is 2.74. The molecule has 0 unspecified atom stereocenters. The minimum atomic E-state index is 0.218. The Hall–Kier alpha value is -1.76. The maximum Gasteiger partial charge on any atom is 0.180 e. The third-order valence-corrected chi connectivity index (χ3v) is 6.16. The zero-order valence-electron chi connectivity index (χ0n) is 15.9. The average molecular weight is 484 g/mol. The lowest BCUT2D eigenvalue weighted by atomic mass is 10.2. The van der Waals surface area contributed by atoms with Gasteiger partial charge in [-0.2, -0.15) is 0 Å². The number of hydrogen-bond donors (Lipinski definition) is 0. The first-order valence-corrected chi connectivity index (χ1v) is 10.5. The Labute approximate surface area is 183 Å². The number of benzene rings is 1. The van der Waals surface area contributed by atoms with Crippen molar-refractivity contribution in [1.82, 2.24) is 14.3 Å². The van der Waals surface area contributed by atoms with Gasteiger partial charge in [0, 0.05) is 29.9 Å². The quantitative estimate of drug-likeness (QED) is 0.292. The van der Waals surface area contributed by atoms with E-state index in [9.17, 15) is 0 Å². The van der Waals surface area contributed by atoms with Gasteiger partial charge in [0.1, 0.15) is 11.2 Å². The highest BCUT2D eigenvalue weighted by molar-refractivity contribution is 9.10. The molecule has 8 heteroatoms. The molecule has 0 fully saturated rings. The molecule has 0 radical (unpaired) electrons. The molecule has 0 atom stereocenters. The summed E-state index contributed by atoms with van der Waals surface area (Å²) < 4.78 is 8.85. The fourth-order valence-corrected chi connectivity index (χ4v) is 3.64. The standard InChI is InChI=1S/C20H21BrCl2N4O/c1-4-26(5-2)12-24-16-9-8-15(22)14(18(16)23)11-28-17-7-6-10-27-19(21)13(3)25-20(17)27/h6-10,12H,4-5,11H2,1-3H3/b24-12+. The molecule has 148 valence electrons. The van der Waals surface area contributed by atoms with E-state index in [0.29, 0.717) is 27.0 Å². The van der Waals surface area contributed by atoms with Crippen LogP contribution in [-0.2, 0) is 6.61 Å². The second kappa shape index (κ2) is 9.16. The molecule has 0 spiro atoms. The van der Waals surface area contributed by atoms with Crippen LogP contribution in [0.25, 0.3) is 5.65 Å². The van der Waals surface area contributed by atoms with Gasteiger partial charge in [-0.05, 0) is 61.0 Å². The van der Waals surface area contributed by atoms with Crippen molar-refractivity contribution < 1.29 is 4.74 Å². The van der Waals surface area contributed by atoms with Crippen LogP contribution in [0.2, 0.25) is 10.0 Å². The number of imidazole rings is 1. The molecule has 0 aliphatic rings. The molecule has 0 bridgehead atoms. The molecule has 2 aromatic heterocycles. The molecule has 0 aliphatic heterocycles. The highest BCUT2D eigenvalue weighted by Crippen LogP contribution is 2.35. The third-order valence-electron chi connectivity index (χ3n) is 4.43. The van der Waals surface area contributed by atoms with Crippen molar-refractivity contribution >= 4 is 56.8 Å². The minimum absolute atomic E-state index is 0.218. The number of nitrogens with zero attached hydrogens (tertiary/aromatic N) is 4. The van der Waals surface area contributed by atoms with Crippen molar-refractivity contribution in [1.29, 1.82) is 0 Å². The smallest absolute Gasteiger partial charge is 0.180 e. The molecule has 1 aromatic carbocycles. The number of aryl methyl sites for hydroxylation is 1. The van der Waals surface area contributed by atoms with Gasteiger partial charge in [-0.25, -0.2) is 9.98 Å². The van der Waals surface area contributed by atoms with Crippen LogP contribution in [0.3, 0.4) is 0 Å². The second-order valence-electron chi connectivity index (χ2n) is 6.17. The summed E-state index contributed by atoms with van der Waals surface area (Å²) in [6, 6.07) is 7.38. The van der Waals surface area contributed by atoms with E-state index in [1.807, 2.05) is 35.7 Å². The van der Waals surface area contributed by atoms with Crippen molar-refractivity contribution in [3.05, 3.63) is 56.4 Å². The van der Waals surface area contributed by atoms with Gasteiger partial charge in [0.2, 0.25) is 0 Å². The number of fused-ring (bicyclic) bond motifs is 1. The van der Waals surface area contributed by atoms with Crippen molar-refractivity contribution in [2.45, 2.75) is 27.4 Å². The summed E-state index contributed by atoms with van der Waals surface area (Å²) in [6.07, 6.45) is 3.72. The molecule has 28 heavy (non-hydrogen) atoms. The molecule has 5 nitrogen and oxygen atoms in total. The zero-order chi connectivity index (χ0) is 20.3. The number of halogens is 3. The Kier molecular flexibility index (Phi) is 6.86. The van der Waals surface area contributed by atoms with Crippen molar-refractivity contribution in [3.8, 4) is 5.75 Å². The number of aromatic nitrogens is 2. The van der Waals surface area contributed by atoms with E-state index in [0.717, 1.165) is 29.0 Å². The Bertz CT molecular complexity index is 1020. The molecule has 0 amide bonds. The first kappa shape index (κ1) is 21.0. The lowest BCUT2D eigenvalue weighted by Crippen LogP contribution is -2.20. The lowest BCUT2D eigenvalue weighted by molar-refractivity contribution is 0.308. The second-order valence-corrected chi connectivity index (χ2v) is 7.70. The Morgan fingerprint density at radius 2 is 2.00 bits per heavy atom. The fraction of sp³-hybridized carbons (Fsp3) is 0.300. The van der Waals surface area contributed by atoms with E-state index in [1.54, 1.807) is 12.4 Å². The number of rotatable bonds is 7. The third kappa shape index (κ3) is 4.29. The minimum Gasteiger partial charge on any atom is -0.485 e. The van der Waals surface area contributed by atoms with Gasteiger partial charge in [0.15, 0.2) is 11.4 Å². The highest BCUT2D eigenvalue weighted by Gasteiger charge is 2.14. The first-order chi connectivity index (χ1) is 13.5. The average Bonchev–Trinajstić information content (AvgIpc) is 2.99. The van der Waals surface area contributed by atoms with E-state index >= 15 is 0 Å². The van der Waals surface area contributed by atoms with Crippen LogP contribution in [0, 0.1) is 6.92 Å². The SMILES string of the molecule is CCN(/C=N/c1ccc(Cl)c(COc2cccn3c(Br)c(C)nc23)c1Cl)CC. The molecular weight excluding hydrogens is 463 g/mol. The Morgan fingerprint density at radius 1 is 1.25 bits per heavy atom. The van der Waals surface area contributed by atoms with Gasteiger partial charge in [-0.3, -0.25) is 4.40 Å². The largest absolute Gasteiger partial charge is 0.485 e. The van der Waals surface area contributed by atoms with E-state index in [2.05, 4.69) is 44.7 Å². The molecular formula is C20H21BrCl2N4O. The van der Waals surface area contributed by atoms with Crippen LogP contribution >= 0.6 is 39.1 Å². The van der Waals surface area contributed by atoms with Crippen LogP contribution in [0.15, 0.2) is 40.1 Å². The van der Waals surface area contributed by atoms with E-state index in [4.69, 9.17) is 27.9 Å². The van der Waals surface area contributed by atoms with E-state index in [1.165, 1.54) is 0 Å². The molecule has 2 heterocycles. The van der Waals surface area contributed by atoms with Gasteiger partial charge in [-0.1, -0.05) is 23.2 Å². The summed E-state index contributed by atoms with van der Waals surface area (Å²) >= 11 is 16.5. The Balaban J connectivity index is 1.87. The first-order valence-electron chi connectivity index (χ1n) is 8.97. The van der Waals surface area contributed by atoms with Crippen LogP contribution in [0.5, 0.6) is 5.75 Å². The van der Waals surface area contributed by atoms with E-state index < -0.39 is 0 Å². The molecule has 0 aliphatic carbocycles. The number of hydrogen-bond acceptors (Lipinski definition) is 3. The van der Waals surface area contributed by atoms with E-state index in [-0.39, 0.29) is 6.61 Å². The topological polar surface area (TPSA) is 42.1 Å². The predicted molar refractivity (Wildman–Crippen MR) is 119 cm³/mol. The predicted octanol–water partition coefficient (Wildman–Crippen LogP) is 6.29. The molecule has 0 N–H and O–H groups in total. The normalized spacial score (nSPS) is 11.5. The summed E-state index contributed by atoms with van der Waals surface area (Å²) in [5, 5.41) is 1.03. The summed E-state index contributed by atoms with van der Waals surface area (Å²) in [5.74, 6) is 0.653. The van der Waals surface area contributed by atoms with Gasteiger partial charge in [0.05, 0.1) is 22.7 Å². The Morgan fingerprint density at radius 3 is 2.71 bits per heavy atom. The number of pyridine rings is 1. The highest BCUT2D eigenvalue weighted by atomic mass is 79.9. The molecule has 3 rings (SSSR count). The van der Waals surface area contributed by atoms with Gasteiger partial charge >= 0.3 is 0 Å². The van der Waals surface area contributed by atoms with Crippen molar-refractivity contribution in [2.75, 3.05) is 13.1 Å². The van der Waals surface area contributed by atoms with Gasteiger partial charge in [-0.15, -0.1) is 0 Å². The summed E-state index contributed by atoms with van der Waals surface area (Å²) in [4.78, 5) is 11.1. The number of aliphatic imine (C=N–C) groups is 1.